The van der Waals surface area contributed by atoms with Gasteiger partial charge in [-0.25, -0.2) is 0 Å². The predicted octanol–water partition coefficient (Wildman–Crippen LogP) is 3.07. The average Bonchev–Trinajstić information content (AvgIpc) is 2.48. The first kappa shape index (κ1) is 14.2. The molecule has 3 nitrogen and oxygen atoms in total. The van der Waals surface area contributed by atoms with Crippen molar-refractivity contribution >= 4 is 5.69 Å². The Morgan fingerprint density at radius 3 is 2.32 bits per heavy atom. The van der Waals surface area contributed by atoms with Crippen molar-refractivity contribution in [2.45, 2.75) is 32.1 Å². The topological polar surface area (TPSA) is 32.7 Å². The number of ether oxygens (including phenoxy) is 1. The van der Waals surface area contributed by atoms with Gasteiger partial charge in [-0.2, -0.15) is 0 Å². The lowest BCUT2D eigenvalue weighted by Crippen LogP contribution is -2.40. The van der Waals surface area contributed by atoms with E-state index in [4.69, 9.17) is 4.74 Å². The second-order valence-corrected chi connectivity index (χ2v) is 5.77. The largest absolute Gasteiger partial charge is 0.497 e. The van der Waals surface area contributed by atoms with Crippen LogP contribution in [-0.4, -0.2) is 32.4 Å². The van der Waals surface area contributed by atoms with E-state index in [2.05, 4.69) is 24.1 Å². The molecule has 1 fully saturated rings. The lowest BCUT2D eigenvalue weighted by molar-refractivity contribution is 0.0891. The summed E-state index contributed by atoms with van der Waals surface area (Å²) < 4.78 is 5.18. The molecule has 0 unspecified atom stereocenters. The molecule has 0 bridgehead atoms. The fraction of sp³-hybridized carbons (Fsp3) is 0.625. The van der Waals surface area contributed by atoms with Crippen molar-refractivity contribution in [1.29, 1.82) is 0 Å². The molecule has 1 aromatic rings. The van der Waals surface area contributed by atoms with E-state index in [1.54, 1.807) is 7.11 Å². The Hall–Kier alpha value is -1.22. The minimum Gasteiger partial charge on any atom is -0.497 e. The quantitative estimate of drug-likeness (QED) is 0.886. The zero-order chi connectivity index (χ0) is 13.7. The van der Waals surface area contributed by atoms with Gasteiger partial charge in [-0.05, 0) is 37.1 Å². The summed E-state index contributed by atoms with van der Waals surface area (Å²) in [6.45, 7) is 1.23. The molecule has 0 atom stereocenters. The number of aliphatic hydroxyl groups excluding tert-OH is 1. The molecule has 19 heavy (non-hydrogen) atoms. The van der Waals surface area contributed by atoms with Gasteiger partial charge in [-0.15, -0.1) is 0 Å². The SMILES string of the molecule is COc1ccc(N(C)CC2(CO)CCCCC2)cc1. The molecule has 106 valence electrons. The average molecular weight is 263 g/mol. The van der Waals surface area contributed by atoms with Gasteiger partial charge in [0.05, 0.1) is 13.7 Å². The summed E-state index contributed by atoms with van der Waals surface area (Å²) in [6.07, 6.45) is 6.09. The first-order chi connectivity index (χ1) is 9.19. The Labute approximate surface area is 116 Å². The summed E-state index contributed by atoms with van der Waals surface area (Å²) in [6, 6.07) is 8.12. The highest BCUT2D eigenvalue weighted by atomic mass is 16.5. The molecule has 1 aromatic carbocycles. The third kappa shape index (κ3) is 3.41. The van der Waals surface area contributed by atoms with Crippen LogP contribution in [0, 0.1) is 5.41 Å². The Bertz CT molecular complexity index is 382. The number of rotatable bonds is 5. The van der Waals surface area contributed by atoms with E-state index in [0.29, 0.717) is 6.61 Å². The van der Waals surface area contributed by atoms with Gasteiger partial charge in [0.1, 0.15) is 5.75 Å². The van der Waals surface area contributed by atoms with Crippen molar-refractivity contribution in [1.82, 2.24) is 0 Å². The van der Waals surface area contributed by atoms with Gasteiger partial charge in [-0.3, -0.25) is 0 Å². The summed E-state index contributed by atoms with van der Waals surface area (Å²) in [4.78, 5) is 2.25. The van der Waals surface area contributed by atoms with Crippen LogP contribution < -0.4 is 9.64 Å². The molecule has 0 heterocycles. The second kappa shape index (κ2) is 6.29. The summed E-state index contributed by atoms with van der Waals surface area (Å²) in [5.41, 5.74) is 1.27. The lowest BCUT2D eigenvalue weighted by Gasteiger charge is -2.39. The van der Waals surface area contributed by atoms with Crippen molar-refractivity contribution < 1.29 is 9.84 Å². The Morgan fingerprint density at radius 2 is 1.79 bits per heavy atom. The van der Waals surface area contributed by atoms with Gasteiger partial charge in [0, 0.05) is 24.7 Å². The lowest BCUT2D eigenvalue weighted by atomic mass is 9.74. The van der Waals surface area contributed by atoms with Crippen molar-refractivity contribution in [2.24, 2.45) is 5.41 Å². The van der Waals surface area contributed by atoms with Crippen molar-refractivity contribution in [2.75, 3.05) is 32.2 Å². The van der Waals surface area contributed by atoms with Crippen LogP contribution in [0.1, 0.15) is 32.1 Å². The van der Waals surface area contributed by atoms with Crippen LogP contribution in [0.2, 0.25) is 0 Å². The van der Waals surface area contributed by atoms with Crippen molar-refractivity contribution in [3.63, 3.8) is 0 Å². The van der Waals surface area contributed by atoms with Crippen LogP contribution >= 0.6 is 0 Å². The van der Waals surface area contributed by atoms with Crippen molar-refractivity contribution in [3.05, 3.63) is 24.3 Å². The van der Waals surface area contributed by atoms with E-state index in [9.17, 15) is 5.11 Å². The third-order valence-corrected chi connectivity index (χ3v) is 4.34. The molecule has 0 spiro atoms. The van der Waals surface area contributed by atoms with Crippen LogP contribution in [0.5, 0.6) is 5.75 Å². The van der Waals surface area contributed by atoms with Crippen molar-refractivity contribution in [3.8, 4) is 5.75 Å². The fourth-order valence-corrected chi connectivity index (χ4v) is 3.10. The highest BCUT2D eigenvalue weighted by molar-refractivity contribution is 5.48. The summed E-state index contributed by atoms with van der Waals surface area (Å²) in [5.74, 6) is 0.881. The van der Waals surface area contributed by atoms with Crippen LogP contribution in [0.4, 0.5) is 5.69 Å². The normalized spacial score (nSPS) is 18.1. The highest BCUT2D eigenvalue weighted by Crippen LogP contribution is 2.37. The molecule has 1 N–H and O–H groups in total. The molecular formula is C16H25NO2. The molecule has 0 amide bonds. The van der Waals surface area contributed by atoms with Gasteiger partial charge in [0.25, 0.3) is 0 Å². The maximum absolute atomic E-state index is 9.77. The summed E-state index contributed by atoms with van der Waals surface area (Å²) in [7, 11) is 3.79. The molecule has 2 rings (SSSR count). The Morgan fingerprint density at radius 1 is 1.16 bits per heavy atom. The first-order valence-corrected chi connectivity index (χ1v) is 7.15. The third-order valence-electron chi connectivity index (χ3n) is 4.34. The Balaban J connectivity index is 2.03. The maximum Gasteiger partial charge on any atom is 0.119 e. The van der Waals surface area contributed by atoms with E-state index in [0.717, 1.165) is 25.1 Å². The molecule has 3 heteroatoms. The monoisotopic (exact) mass is 263 g/mol. The first-order valence-electron chi connectivity index (χ1n) is 7.15. The molecule has 0 radical (unpaired) electrons. The van der Waals surface area contributed by atoms with Gasteiger partial charge in [0.15, 0.2) is 0 Å². The van der Waals surface area contributed by atoms with Crippen LogP contribution in [0.15, 0.2) is 24.3 Å². The number of anilines is 1. The minimum absolute atomic E-state index is 0.0902. The number of nitrogens with zero attached hydrogens (tertiary/aromatic N) is 1. The van der Waals surface area contributed by atoms with Gasteiger partial charge >= 0.3 is 0 Å². The standard InChI is InChI=1S/C16H25NO2/c1-17(14-6-8-15(19-2)9-7-14)12-16(13-18)10-4-3-5-11-16/h6-9,18H,3-5,10-13H2,1-2H3. The Kier molecular flexibility index (Phi) is 4.70. The van der Waals surface area contributed by atoms with Gasteiger partial charge in [-0.1, -0.05) is 19.3 Å². The molecule has 1 aliphatic rings. The number of aliphatic hydroxyl groups is 1. The number of hydrogen-bond acceptors (Lipinski definition) is 3. The molecule has 0 aliphatic heterocycles. The smallest absolute Gasteiger partial charge is 0.119 e. The van der Waals surface area contributed by atoms with Gasteiger partial charge in [0.2, 0.25) is 0 Å². The number of benzene rings is 1. The molecule has 1 aliphatic carbocycles. The molecular weight excluding hydrogens is 238 g/mol. The van der Waals surface area contributed by atoms with E-state index < -0.39 is 0 Å². The fourth-order valence-electron chi connectivity index (χ4n) is 3.10. The number of methoxy groups -OCH3 is 1. The van der Waals surface area contributed by atoms with Crippen LogP contribution in [0.25, 0.3) is 0 Å². The zero-order valence-electron chi connectivity index (χ0n) is 12.1. The summed E-state index contributed by atoms with van der Waals surface area (Å²) in [5, 5.41) is 9.77. The van der Waals surface area contributed by atoms with E-state index >= 15 is 0 Å². The molecule has 0 aromatic heterocycles. The molecule has 1 saturated carbocycles. The maximum atomic E-state index is 9.77. The predicted molar refractivity (Wildman–Crippen MR) is 78.9 cm³/mol. The van der Waals surface area contributed by atoms with E-state index in [1.807, 2.05) is 12.1 Å². The second-order valence-electron chi connectivity index (χ2n) is 5.77. The number of hydrogen-bond donors (Lipinski definition) is 1. The van der Waals surface area contributed by atoms with E-state index in [-0.39, 0.29) is 5.41 Å². The van der Waals surface area contributed by atoms with Crippen LogP contribution in [-0.2, 0) is 0 Å². The van der Waals surface area contributed by atoms with E-state index in [1.165, 1.54) is 24.9 Å². The summed E-state index contributed by atoms with van der Waals surface area (Å²) >= 11 is 0. The minimum atomic E-state index is 0.0902. The zero-order valence-corrected chi connectivity index (χ0v) is 12.1. The van der Waals surface area contributed by atoms with Gasteiger partial charge < -0.3 is 14.7 Å². The highest BCUT2D eigenvalue weighted by Gasteiger charge is 2.32. The molecule has 0 saturated heterocycles. The van der Waals surface area contributed by atoms with Crippen LogP contribution in [0.3, 0.4) is 0 Å².